The Balaban J connectivity index is 2.37. The summed E-state index contributed by atoms with van der Waals surface area (Å²) in [5.74, 6) is 0. The van der Waals surface area contributed by atoms with E-state index < -0.39 is 0 Å². The molecule has 1 aromatic heterocycles. The molecule has 5 heteroatoms. The van der Waals surface area contributed by atoms with Crippen molar-refractivity contribution in [3.63, 3.8) is 0 Å². The predicted molar refractivity (Wildman–Crippen MR) is 55.2 cm³/mol. The molecule has 2 rings (SSSR count). The summed E-state index contributed by atoms with van der Waals surface area (Å²) in [4.78, 5) is 0. The molecular formula is C10H12N4O. The number of aliphatic hydroxyl groups excluding tert-OH is 1. The standard InChI is InChI=1S/C10H12N4O/c11-5-8-1-3-9(4-2-8)14-10(7-15)6-12-13-14/h1-4,6,15H,5,7,11H2. The molecule has 0 aliphatic carbocycles. The first-order chi connectivity index (χ1) is 7.35. The third kappa shape index (κ3) is 1.88. The zero-order valence-corrected chi connectivity index (χ0v) is 8.17. The van der Waals surface area contributed by atoms with Gasteiger partial charge in [-0.05, 0) is 17.7 Å². The number of benzene rings is 1. The monoisotopic (exact) mass is 204 g/mol. The molecule has 5 nitrogen and oxygen atoms in total. The van der Waals surface area contributed by atoms with Crippen LogP contribution < -0.4 is 5.73 Å². The van der Waals surface area contributed by atoms with Gasteiger partial charge in [0.15, 0.2) is 0 Å². The summed E-state index contributed by atoms with van der Waals surface area (Å²) in [6.45, 7) is 0.441. The summed E-state index contributed by atoms with van der Waals surface area (Å²) < 4.78 is 1.60. The first-order valence-corrected chi connectivity index (χ1v) is 4.65. The van der Waals surface area contributed by atoms with Crippen LogP contribution >= 0.6 is 0 Å². The zero-order chi connectivity index (χ0) is 10.7. The Morgan fingerprint density at radius 2 is 2.00 bits per heavy atom. The minimum absolute atomic E-state index is 0.0777. The Kier molecular flexibility index (Phi) is 2.75. The molecule has 0 unspecified atom stereocenters. The van der Waals surface area contributed by atoms with Gasteiger partial charge in [0.25, 0.3) is 0 Å². The van der Waals surface area contributed by atoms with E-state index in [-0.39, 0.29) is 6.61 Å². The molecule has 0 spiro atoms. The second kappa shape index (κ2) is 4.20. The summed E-state index contributed by atoms with van der Waals surface area (Å²) >= 11 is 0. The lowest BCUT2D eigenvalue weighted by atomic mass is 10.2. The van der Waals surface area contributed by atoms with E-state index in [1.54, 1.807) is 4.68 Å². The van der Waals surface area contributed by atoms with Crippen LogP contribution in [0.2, 0.25) is 0 Å². The van der Waals surface area contributed by atoms with Crippen molar-refractivity contribution in [2.75, 3.05) is 0 Å². The Hall–Kier alpha value is -1.72. The van der Waals surface area contributed by atoms with Gasteiger partial charge in [0.2, 0.25) is 0 Å². The van der Waals surface area contributed by atoms with Crippen LogP contribution in [0.3, 0.4) is 0 Å². The highest BCUT2D eigenvalue weighted by Gasteiger charge is 2.04. The SMILES string of the molecule is NCc1ccc(-n2nncc2CO)cc1. The lowest BCUT2D eigenvalue weighted by Crippen LogP contribution is -2.03. The van der Waals surface area contributed by atoms with Crippen LogP contribution in [-0.2, 0) is 13.2 Å². The smallest absolute Gasteiger partial charge is 0.0900 e. The maximum atomic E-state index is 9.05. The van der Waals surface area contributed by atoms with Gasteiger partial charge in [-0.3, -0.25) is 0 Å². The number of nitrogens with two attached hydrogens (primary N) is 1. The quantitative estimate of drug-likeness (QED) is 0.749. The van der Waals surface area contributed by atoms with Crippen molar-refractivity contribution in [3.05, 3.63) is 41.7 Å². The molecule has 3 N–H and O–H groups in total. The van der Waals surface area contributed by atoms with Gasteiger partial charge in [0, 0.05) is 6.54 Å². The summed E-state index contributed by atoms with van der Waals surface area (Å²) in [5, 5.41) is 16.7. The Morgan fingerprint density at radius 1 is 1.27 bits per heavy atom. The third-order valence-electron chi connectivity index (χ3n) is 2.20. The highest BCUT2D eigenvalue weighted by molar-refractivity contribution is 5.34. The minimum atomic E-state index is -0.0777. The van der Waals surface area contributed by atoms with E-state index in [4.69, 9.17) is 10.8 Å². The van der Waals surface area contributed by atoms with Crippen molar-refractivity contribution in [3.8, 4) is 5.69 Å². The molecule has 78 valence electrons. The van der Waals surface area contributed by atoms with Crippen LogP contribution in [0.5, 0.6) is 0 Å². The highest BCUT2D eigenvalue weighted by Crippen LogP contribution is 2.10. The number of nitrogens with zero attached hydrogens (tertiary/aromatic N) is 3. The van der Waals surface area contributed by atoms with E-state index in [0.29, 0.717) is 12.2 Å². The van der Waals surface area contributed by atoms with E-state index >= 15 is 0 Å². The highest BCUT2D eigenvalue weighted by atomic mass is 16.3. The van der Waals surface area contributed by atoms with Crippen LogP contribution in [0.15, 0.2) is 30.5 Å². The molecule has 0 aliphatic rings. The lowest BCUT2D eigenvalue weighted by Gasteiger charge is -2.04. The summed E-state index contributed by atoms with van der Waals surface area (Å²) in [6.07, 6.45) is 1.54. The number of hydrogen-bond acceptors (Lipinski definition) is 4. The van der Waals surface area contributed by atoms with Crippen molar-refractivity contribution < 1.29 is 5.11 Å². The van der Waals surface area contributed by atoms with Crippen LogP contribution in [0.25, 0.3) is 5.69 Å². The maximum absolute atomic E-state index is 9.05. The fraction of sp³-hybridized carbons (Fsp3) is 0.200. The Morgan fingerprint density at radius 3 is 2.60 bits per heavy atom. The van der Waals surface area contributed by atoms with E-state index in [0.717, 1.165) is 11.3 Å². The fourth-order valence-electron chi connectivity index (χ4n) is 1.35. The summed E-state index contributed by atoms with van der Waals surface area (Å²) in [7, 11) is 0. The molecule has 15 heavy (non-hydrogen) atoms. The molecule has 0 saturated heterocycles. The molecule has 1 heterocycles. The molecule has 0 bridgehead atoms. The van der Waals surface area contributed by atoms with Crippen LogP contribution in [0.4, 0.5) is 0 Å². The van der Waals surface area contributed by atoms with Gasteiger partial charge in [0.1, 0.15) is 0 Å². The average molecular weight is 204 g/mol. The van der Waals surface area contributed by atoms with Crippen molar-refractivity contribution in [1.82, 2.24) is 15.0 Å². The molecule has 1 aromatic carbocycles. The Bertz CT molecular complexity index is 435. The molecule has 0 aliphatic heterocycles. The molecule has 0 radical (unpaired) electrons. The summed E-state index contributed by atoms with van der Waals surface area (Å²) in [5.41, 5.74) is 8.09. The molecule has 0 atom stereocenters. The topological polar surface area (TPSA) is 77.0 Å². The van der Waals surface area contributed by atoms with Gasteiger partial charge in [-0.1, -0.05) is 17.3 Å². The van der Waals surface area contributed by atoms with E-state index in [1.165, 1.54) is 6.20 Å². The van der Waals surface area contributed by atoms with Gasteiger partial charge in [-0.2, -0.15) is 0 Å². The second-order valence-electron chi connectivity index (χ2n) is 3.17. The number of rotatable bonds is 3. The van der Waals surface area contributed by atoms with Gasteiger partial charge >= 0.3 is 0 Å². The van der Waals surface area contributed by atoms with E-state index in [9.17, 15) is 0 Å². The van der Waals surface area contributed by atoms with Gasteiger partial charge < -0.3 is 10.8 Å². The molecule has 0 saturated carbocycles. The molecule has 2 aromatic rings. The molecule has 0 amide bonds. The fourth-order valence-corrected chi connectivity index (χ4v) is 1.35. The maximum Gasteiger partial charge on any atom is 0.0900 e. The predicted octanol–water partition coefficient (Wildman–Crippen LogP) is 0.218. The minimum Gasteiger partial charge on any atom is -0.390 e. The molecular weight excluding hydrogens is 192 g/mol. The van der Waals surface area contributed by atoms with Gasteiger partial charge in [0.05, 0.1) is 24.2 Å². The summed E-state index contributed by atoms with van der Waals surface area (Å²) in [6, 6.07) is 7.66. The zero-order valence-electron chi connectivity index (χ0n) is 8.17. The first kappa shape index (κ1) is 9.82. The first-order valence-electron chi connectivity index (χ1n) is 4.65. The van der Waals surface area contributed by atoms with Gasteiger partial charge in [-0.25, -0.2) is 4.68 Å². The number of aromatic nitrogens is 3. The Labute approximate surface area is 87.1 Å². The largest absolute Gasteiger partial charge is 0.390 e. The van der Waals surface area contributed by atoms with Crippen molar-refractivity contribution >= 4 is 0 Å². The number of aliphatic hydroxyl groups is 1. The molecule has 0 fully saturated rings. The second-order valence-corrected chi connectivity index (χ2v) is 3.17. The van der Waals surface area contributed by atoms with Crippen LogP contribution in [-0.4, -0.2) is 20.1 Å². The van der Waals surface area contributed by atoms with E-state index in [2.05, 4.69) is 10.3 Å². The number of hydrogen-bond donors (Lipinski definition) is 2. The normalized spacial score (nSPS) is 10.5. The van der Waals surface area contributed by atoms with Crippen LogP contribution in [0.1, 0.15) is 11.3 Å². The van der Waals surface area contributed by atoms with Crippen molar-refractivity contribution in [2.45, 2.75) is 13.2 Å². The van der Waals surface area contributed by atoms with Crippen molar-refractivity contribution in [1.29, 1.82) is 0 Å². The average Bonchev–Trinajstić information content (AvgIpc) is 2.77. The lowest BCUT2D eigenvalue weighted by molar-refractivity contribution is 0.273. The third-order valence-corrected chi connectivity index (χ3v) is 2.20. The van der Waals surface area contributed by atoms with Gasteiger partial charge in [-0.15, -0.1) is 5.10 Å². The van der Waals surface area contributed by atoms with E-state index in [1.807, 2.05) is 24.3 Å². The van der Waals surface area contributed by atoms with Crippen LogP contribution in [0, 0.1) is 0 Å². The van der Waals surface area contributed by atoms with Crippen molar-refractivity contribution in [2.24, 2.45) is 5.73 Å².